The molecule has 1 heterocycles. The van der Waals surface area contributed by atoms with Crippen molar-refractivity contribution in [3.63, 3.8) is 0 Å². The molecule has 9 atom stereocenters. The van der Waals surface area contributed by atoms with Gasteiger partial charge in [-0.15, -0.1) is 11.6 Å². The van der Waals surface area contributed by atoms with E-state index in [1.165, 1.54) is 37.7 Å². The number of esters is 2. The number of ketones is 1. The quantitative estimate of drug-likeness (QED) is 0.471. The smallest absolute Gasteiger partial charge is 0.375 e. The number of halogens is 2. The van der Waals surface area contributed by atoms with Gasteiger partial charge in [0.1, 0.15) is 6.17 Å². The van der Waals surface area contributed by atoms with Crippen LogP contribution in [0.3, 0.4) is 0 Å². The topological polar surface area (TPSA) is 103 Å². The van der Waals surface area contributed by atoms with Gasteiger partial charge in [0.25, 0.3) is 0 Å². The standard InChI is InChI=1S/C27H30ClFO7/c1-14-10-16-17-12-19(29)18-11-15(30)7-8-24(18,2)26(17,28)21(31)13-25(16,3)27(14,23(33)34-4)36-22(32)20-6-5-9-35-20/h5-9,11,14,16-17,19,21,31H,10,12-13H2,1-4H3/t14-,16?,17?,19-,21-,24-,25-,26-,27-/m0/s1. The monoisotopic (exact) mass is 520 g/mol. The van der Waals surface area contributed by atoms with Crippen LogP contribution in [0.25, 0.3) is 0 Å². The van der Waals surface area contributed by atoms with Crippen molar-refractivity contribution in [2.45, 2.75) is 62.8 Å². The van der Waals surface area contributed by atoms with Crippen molar-refractivity contribution >= 4 is 29.3 Å². The summed E-state index contributed by atoms with van der Waals surface area (Å²) < 4.78 is 32.1. The number of aliphatic hydroxyl groups is 1. The van der Waals surface area contributed by atoms with Gasteiger partial charge in [0.05, 0.1) is 24.4 Å². The Kier molecular flexibility index (Phi) is 5.62. The van der Waals surface area contributed by atoms with E-state index in [0.29, 0.717) is 6.42 Å². The minimum absolute atomic E-state index is 0.00412. The zero-order valence-corrected chi connectivity index (χ0v) is 21.4. The van der Waals surface area contributed by atoms with Crippen molar-refractivity contribution in [3.8, 4) is 0 Å². The van der Waals surface area contributed by atoms with Crippen LogP contribution in [0, 0.1) is 28.6 Å². The Hall–Kier alpha value is -2.45. The number of ether oxygens (including phenoxy) is 2. The van der Waals surface area contributed by atoms with Crippen molar-refractivity contribution in [3.05, 3.63) is 48.0 Å². The van der Waals surface area contributed by atoms with Gasteiger partial charge in [0, 0.05) is 16.7 Å². The van der Waals surface area contributed by atoms with Gasteiger partial charge in [0.15, 0.2) is 5.78 Å². The number of hydrogen-bond acceptors (Lipinski definition) is 7. The maximum Gasteiger partial charge on any atom is 0.375 e. The summed E-state index contributed by atoms with van der Waals surface area (Å²) in [7, 11) is 1.22. The molecule has 0 bridgehead atoms. The van der Waals surface area contributed by atoms with E-state index in [1.807, 2.05) is 0 Å². The fourth-order valence-electron chi connectivity index (χ4n) is 7.96. The summed E-state index contributed by atoms with van der Waals surface area (Å²) in [4.78, 5) is 37.3. The Balaban J connectivity index is 1.64. The first-order valence-electron chi connectivity index (χ1n) is 12.2. The zero-order chi connectivity index (χ0) is 26.3. The Morgan fingerprint density at radius 3 is 2.61 bits per heavy atom. The van der Waals surface area contributed by atoms with Gasteiger partial charge >= 0.3 is 11.9 Å². The fraction of sp³-hybridized carbons (Fsp3) is 0.593. The SMILES string of the molecule is COC(=O)[C@@]1(OC(=O)c2ccco2)[C@@H](C)CC2C3C[C@H](F)C4=CC(=O)C=C[C@]4(C)[C@@]3(Cl)[C@@H](O)C[C@@]21C. The molecule has 1 N–H and O–H groups in total. The number of allylic oxidation sites excluding steroid dienone is 4. The van der Waals surface area contributed by atoms with Crippen LogP contribution in [0.5, 0.6) is 0 Å². The summed E-state index contributed by atoms with van der Waals surface area (Å²) in [5.41, 5.74) is -3.72. The highest BCUT2D eigenvalue weighted by molar-refractivity contribution is 6.26. The Morgan fingerprint density at radius 1 is 1.25 bits per heavy atom. The van der Waals surface area contributed by atoms with Crippen molar-refractivity contribution in [1.82, 2.24) is 0 Å². The van der Waals surface area contributed by atoms with Crippen LogP contribution in [0.1, 0.15) is 50.6 Å². The first-order chi connectivity index (χ1) is 16.9. The van der Waals surface area contributed by atoms with Crippen molar-refractivity contribution in [2.75, 3.05) is 7.11 Å². The lowest BCUT2D eigenvalue weighted by Crippen LogP contribution is -2.70. The van der Waals surface area contributed by atoms with Crippen molar-refractivity contribution < 1.29 is 37.8 Å². The Labute approximate surface area is 213 Å². The van der Waals surface area contributed by atoms with Crippen LogP contribution in [-0.4, -0.2) is 52.7 Å². The average Bonchev–Trinajstić information content (AvgIpc) is 3.44. The molecular weight excluding hydrogens is 491 g/mol. The number of rotatable bonds is 3. The van der Waals surface area contributed by atoms with Crippen LogP contribution >= 0.6 is 11.6 Å². The van der Waals surface area contributed by atoms with E-state index in [-0.39, 0.29) is 35.9 Å². The lowest BCUT2D eigenvalue weighted by atomic mass is 9.45. The molecular formula is C27H30ClFO7. The Bertz CT molecular complexity index is 1180. The number of aliphatic hydroxyl groups excluding tert-OH is 1. The normalized spacial score (nSPS) is 45.2. The van der Waals surface area contributed by atoms with E-state index >= 15 is 4.39 Å². The molecule has 0 radical (unpaired) electrons. The summed E-state index contributed by atoms with van der Waals surface area (Å²) in [5, 5.41) is 11.7. The number of methoxy groups -OCH3 is 1. The minimum Gasteiger partial charge on any atom is -0.466 e. The highest BCUT2D eigenvalue weighted by Gasteiger charge is 2.78. The van der Waals surface area contributed by atoms with Gasteiger partial charge in [-0.25, -0.2) is 14.0 Å². The molecule has 1 aromatic rings. The lowest BCUT2D eigenvalue weighted by molar-refractivity contribution is -0.199. The molecule has 2 unspecified atom stereocenters. The summed E-state index contributed by atoms with van der Waals surface area (Å²) in [6, 6.07) is 2.97. The van der Waals surface area contributed by atoms with Gasteiger partial charge in [-0.05, 0) is 61.0 Å². The largest absolute Gasteiger partial charge is 0.466 e. The molecule has 0 spiro atoms. The van der Waals surface area contributed by atoms with Crippen LogP contribution < -0.4 is 0 Å². The van der Waals surface area contributed by atoms with Gasteiger partial charge in [-0.3, -0.25) is 4.79 Å². The lowest BCUT2D eigenvalue weighted by Gasteiger charge is -2.64. The van der Waals surface area contributed by atoms with Crippen LogP contribution in [0.4, 0.5) is 4.39 Å². The molecule has 0 amide bonds. The maximum atomic E-state index is 15.7. The third kappa shape index (κ3) is 2.91. The molecule has 0 saturated heterocycles. The predicted octanol–water partition coefficient (Wildman–Crippen LogP) is 4.18. The third-order valence-corrected chi connectivity index (χ3v) is 10.6. The second-order valence-electron chi connectivity index (χ2n) is 11.1. The third-order valence-electron chi connectivity index (χ3n) is 9.63. The first kappa shape index (κ1) is 25.2. The second-order valence-corrected chi connectivity index (χ2v) is 11.7. The van der Waals surface area contributed by atoms with E-state index in [1.54, 1.807) is 26.8 Å². The number of fused-ring (bicyclic) bond motifs is 5. The molecule has 5 rings (SSSR count). The molecule has 3 saturated carbocycles. The molecule has 9 heteroatoms. The molecule has 3 fully saturated rings. The van der Waals surface area contributed by atoms with Crippen LogP contribution in [-0.2, 0) is 19.1 Å². The van der Waals surface area contributed by atoms with E-state index in [4.69, 9.17) is 25.5 Å². The number of hydrogen-bond donors (Lipinski definition) is 1. The Morgan fingerprint density at radius 2 is 1.97 bits per heavy atom. The highest BCUT2D eigenvalue weighted by atomic mass is 35.5. The average molecular weight is 521 g/mol. The molecule has 0 aromatic carbocycles. The molecule has 0 aliphatic heterocycles. The summed E-state index contributed by atoms with van der Waals surface area (Å²) >= 11 is 7.37. The molecule has 194 valence electrons. The maximum absolute atomic E-state index is 15.7. The molecule has 1 aromatic heterocycles. The van der Waals surface area contributed by atoms with E-state index in [2.05, 4.69) is 0 Å². The number of carbonyl (C=O) groups excluding carboxylic acids is 3. The second kappa shape index (κ2) is 8.02. The van der Waals surface area contributed by atoms with Crippen molar-refractivity contribution in [1.29, 1.82) is 0 Å². The van der Waals surface area contributed by atoms with Gasteiger partial charge in [-0.1, -0.05) is 26.8 Å². The molecule has 36 heavy (non-hydrogen) atoms. The predicted molar refractivity (Wildman–Crippen MR) is 127 cm³/mol. The summed E-state index contributed by atoms with van der Waals surface area (Å²) in [6.07, 6.45) is 3.29. The number of carbonyl (C=O) groups is 3. The molecule has 7 nitrogen and oxygen atoms in total. The van der Waals surface area contributed by atoms with Crippen LogP contribution in [0.2, 0.25) is 0 Å². The van der Waals surface area contributed by atoms with Crippen LogP contribution in [0.15, 0.2) is 46.6 Å². The number of alkyl halides is 2. The zero-order valence-electron chi connectivity index (χ0n) is 20.6. The van der Waals surface area contributed by atoms with Gasteiger partial charge in [-0.2, -0.15) is 0 Å². The first-order valence-corrected chi connectivity index (χ1v) is 12.6. The minimum atomic E-state index is -1.75. The highest BCUT2D eigenvalue weighted by Crippen LogP contribution is 2.72. The molecule has 4 aliphatic carbocycles. The number of furan rings is 1. The van der Waals surface area contributed by atoms with E-state index < -0.39 is 57.4 Å². The van der Waals surface area contributed by atoms with Crippen molar-refractivity contribution in [2.24, 2.45) is 28.6 Å². The van der Waals surface area contributed by atoms with Gasteiger partial charge in [0.2, 0.25) is 11.4 Å². The summed E-state index contributed by atoms with van der Waals surface area (Å²) in [6.45, 7) is 5.33. The van der Waals surface area contributed by atoms with Gasteiger partial charge < -0.3 is 19.0 Å². The van der Waals surface area contributed by atoms with E-state index in [0.717, 1.165) is 0 Å². The fourth-order valence-corrected chi connectivity index (χ4v) is 8.45. The summed E-state index contributed by atoms with van der Waals surface area (Å²) in [5.74, 6) is -3.44. The molecule has 4 aliphatic rings. The van der Waals surface area contributed by atoms with E-state index in [9.17, 15) is 19.5 Å².